The molecule has 0 amide bonds. The summed E-state index contributed by atoms with van der Waals surface area (Å²) in [6, 6.07) is 7.82. The van der Waals surface area contributed by atoms with Gasteiger partial charge >= 0.3 is 5.69 Å². The van der Waals surface area contributed by atoms with Gasteiger partial charge in [-0.3, -0.25) is 14.8 Å². The van der Waals surface area contributed by atoms with Crippen LogP contribution in [-0.2, 0) is 6.54 Å². The highest BCUT2D eigenvalue weighted by Gasteiger charge is 2.31. The molecule has 134 valence electrons. The van der Waals surface area contributed by atoms with Crippen LogP contribution in [0.5, 0.6) is 17.2 Å². The Morgan fingerprint density at radius 1 is 1.31 bits per heavy atom. The van der Waals surface area contributed by atoms with Gasteiger partial charge in [0, 0.05) is 18.2 Å². The Morgan fingerprint density at radius 3 is 2.85 bits per heavy atom. The lowest BCUT2D eigenvalue weighted by Gasteiger charge is -2.16. The number of ether oxygens (including phenoxy) is 1. The van der Waals surface area contributed by atoms with Crippen molar-refractivity contribution in [1.82, 2.24) is 14.7 Å². The van der Waals surface area contributed by atoms with Gasteiger partial charge in [0.1, 0.15) is 17.2 Å². The van der Waals surface area contributed by atoms with E-state index in [9.17, 15) is 15.2 Å². The summed E-state index contributed by atoms with van der Waals surface area (Å²) in [5.41, 5.74) is 1.92. The molecule has 0 radical (unpaired) electrons. The SMILES string of the molecule is CN(C)CCCn1nc2c3c(c([N+](=O)[O-])ccc31)Oc1ccc(O)cc1-2. The molecule has 8 nitrogen and oxygen atoms in total. The van der Waals surface area contributed by atoms with Crippen LogP contribution in [0.1, 0.15) is 6.42 Å². The van der Waals surface area contributed by atoms with Crippen molar-refractivity contribution in [1.29, 1.82) is 0 Å². The number of aromatic nitrogens is 2. The number of fused-ring (bicyclic) bond motifs is 2. The molecule has 1 aliphatic heterocycles. The summed E-state index contributed by atoms with van der Waals surface area (Å²) in [6.45, 7) is 1.59. The van der Waals surface area contributed by atoms with Crippen LogP contribution in [-0.4, -0.2) is 45.4 Å². The van der Waals surface area contributed by atoms with Gasteiger partial charge in [-0.25, -0.2) is 0 Å². The topological polar surface area (TPSA) is 93.7 Å². The van der Waals surface area contributed by atoms with E-state index >= 15 is 0 Å². The third-order valence-corrected chi connectivity index (χ3v) is 4.45. The molecule has 4 rings (SSSR count). The zero-order chi connectivity index (χ0) is 18.4. The van der Waals surface area contributed by atoms with Crippen LogP contribution in [0.15, 0.2) is 30.3 Å². The Morgan fingerprint density at radius 2 is 2.12 bits per heavy atom. The number of hydrogen-bond donors (Lipinski definition) is 1. The lowest BCUT2D eigenvalue weighted by molar-refractivity contribution is -0.385. The van der Waals surface area contributed by atoms with Crippen LogP contribution in [0.25, 0.3) is 22.2 Å². The second-order valence-corrected chi connectivity index (χ2v) is 6.58. The third-order valence-electron chi connectivity index (χ3n) is 4.45. The van der Waals surface area contributed by atoms with E-state index in [1.54, 1.807) is 18.2 Å². The second-order valence-electron chi connectivity index (χ2n) is 6.58. The predicted octanol–water partition coefficient (Wildman–Crippen LogP) is 3.37. The Kier molecular flexibility index (Phi) is 3.77. The zero-order valence-electron chi connectivity index (χ0n) is 14.5. The molecule has 2 heterocycles. The fourth-order valence-electron chi connectivity index (χ4n) is 3.27. The van der Waals surface area contributed by atoms with Crippen LogP contribution < -0.4 is 4.74 Å². The summed E-state index contributed by atoms with van der Waals surface area (Å²) in [4.78, 5) is 13.1. The number of aromatic hydroxyl groups is 1. The van der Waals surface area contributed by atoms with Crippen molar-refractivity contribution >= 4 is 16.6 Å². The second kappa shape index (κ2) is 5.99. The molecule has 8 heteroatoms. The predicted molar refractivity (Wildman–Crippen MR) is 96.7 cm³/mol. The van der Waals surface area contributed by atoms with E-state index in [2.05, 4.69) is 10.00 Å². The molecule has 0 atom stereocenters. The summed E-state index contributed by atoms with van der Waals surface area (Å²) in [7, 11) is 4.02. The smallest absolute Gasteiger partial charge is 0.312 e. The summed E-state index contributed by atoms with van der Waals surface area (Å²) >= 11 is 0. The number of hydrogen-bond acceptors (Lipinski definition) is 6. The van der Waals surface area contributed by atoms with E-state index < -0.39 is 4.92 Å². The number of aryl methyl sites for hydroxylation is 1. The average Bonchev–Trinajstić information content (AvgIpc) is 2.95. The molecule has 0 spiro atoms. The molecule has 0 saturated heterocycles. The minimum absolute atomic E-state index is 0.0923. The standard InChI is InChI=1S/C18H18N4O4/c1-20(2)8-3-9-21-13-5-6-14(22(24)25)18-16(13)17(19-21)12-10-11(23)4-7-15(12)26-18/h4-7,10,23H,3,8-9H2,1-2H3. The largest absolute Gasteiger partial charge is 0.508 e. The van der Waals surface area contributed by atoms with Gasteiger partial charge in [0.25, 0.3) is 0 Å². The normalized spacial score (nSPS) is 12.3. The quantitative estimate of drug-likeness (QED) is 0.436. The molecule has 0 bridgehead atoms. The Balaban J connectivity index is 1.91. The van der Waals surface area contributed by atoms with Crippen molar-refractivity contribution < 1.29 is 14.8 Å². The number of phenols is 1. The minimum Gasteiger partial charge on any atom is -0.508 e. The molecule has 1 N–H and O–H groups in total. The van der Waals surface area contributed by atoms with Crippen molar-refractivity contribution in [2.24, 2.45) is 0 Å². The molecule has 26 heavy (non-hydrogen) atoms. The van der Waals surface area contributed by atoms with Gasteiger partial charge in [-0.15, -0.1) is 0 Å². The number of nitro groups is 1. The third kappa shape index (κ3) is 2.55. The first-order valence-corrected chi connectivity index (χ1v) is 8.29. The lowest BCUT2D eigenvalue weighted by atomic mass is 10.0. The number of nitrogens with zero attached hydrogens (tertiary/aromatic N) is 4. The maximum Gasteiger partial charge on any atom is 0.312 e. The molecule has 1 aromatic heterocycles. The van der Waals surface area contributed by atoms with E-state index in [0.29, 0.717) is 28.9 Å². The first-order chi connectivity index (χ1) is 12.5. The van der Waals surface area contributed by atoms with Crippen molar-refractivity contribution in [3.8, 4) is 28.5 Å². The fourth-order valence-corrected chi connectivity index (χ4v) is 3.27. The maximum absolute atomic E-state index is 11.4. The number of rotatable bonds is 5. The molecule has 2 aromatic carbocycles. The highest BCUT2D eigenvalue weighted by molar-refractivity contribution is 6.03. The monoisotopic (exact) mass is 354 g/mol. The average molecular weight is 354 g/mol. The van der Waals surface area contributed by atoms with Crippen LogP contribution in [0, 0.1) is 10.1 Å². The van der Waals surface area contributed by atoms with Gasteiger partial charge in [0.15, 0.2) is 0 Å². The van der Waals surface area contributed by atoms with Gasteiger partial charge in [-0.1, -0.05) is 0 Å². The first kappa shape index (κ1) is 16.3. The maximum atomic E-state index is 11.4. The Hall–Kier alpha value is -3.13. The van der Waals surface area contributed by atoms with E-state index in [0.717, 1.165) is 18.5 Å². The number of nitro benzene ring substituents is 1. The highest BCUT2D eigenvalue weighted by atomic mass is 16.6. The van der Waals surface area contributed by atoms with Crippen LogP contribution in [0.4, 0.5) is 5.69 Å². The zero-order valence-corrected chi connectivity index (χ0v) is 14.5. The van der Waals surface area contributed by atoms with E-state index in [1.807, 2.05) is 18.8 Å². The van der Waals surface area contributed by atoms with Crippen LogP contribution >= 0.6 is 0 Å². The van der Waals surface area contributed by atoms with E-state index in [4.69, 9.17) is 4.74 Å². The summed E-state index contributed by atoms with van der Waals surface area (Å²) < 4.78 is 7.69. The van der Waals surface area contributed by atoms with Crippen LogP contribution in [0.3, 0.4) is 0 Å². The minimum atomic E-state index is -0.451. The van der Waals surface area contributed by atoms with Gasteiger partial charge in [0.2, 0.25) is 5.75 Å². The summed E-state index contributed by atoms with van der Waals surface area (Å²) in [6.07, 6.45) is 0.892. The highest BCUT2D eigenvalue weighted by Crippen LogP contribution is 2.50. The van der Waals surface area contributed by atoms with Crippen LogP contribution in [0.2, 0.25) is 0 Å². The first-order valence-electron chi connectivity index (χ1n) is 8.29. The van der Waals surface area contributed by atoms with Crippen molar-refractivity contribution in [2.45, 2.75) is 13.0 Å². The summed E-state index contributed by atoms with van der Waals surface area (Å²) in [5, 5.41) is 26.6. The molecule has 0 unspecified atom stereocenters. The van der Waals surface area contributed by atoms with Crippen molar-refractivity contribution in [3.05, 3.63) is 40.4 Å². The Labute approximate surface area is 149 Å². The molecular formula is C18H18N4O4. The molecule has 3 aromatic rings. The number of phenolic OH excluding ortho intramolecular Hbond substituents is 1. The molecule has 0 saturated carbocycles. The van der Waals surface area contributed by atoms with E-state index in [-0.39, 0.29) is 17.2 Å². The Bertz CT molecular complexity index is 1030. The van der Waals surface area contributed by atoms with Crippen molar-refractivity contribution in [3.63, 3.8) is 0 Å². The summed E-state index contributed by atoms with van der Waals surface area (Å²) in [5.74, 6) is 0.750. The number of benzene rings is 2. The molecule has 0 aliphatic carbocycles. The molecule has 0 fully saturated rings. The molecule has 1 aliphatic rings. The van der Waals surface area contributed by atoms with E-state index in [1.165, 1.54) is 12.1 Å². The van der Waals surface area contributed by atoms with Crippen molar-refractivity contribution in [2.75, 3.05) is 20.6 Å². The van der Waals surface area contributed by atoms with Gasteiger partial charge in [-0.2, -0.15) is 5.10 Å². The fraction of sp³-hybridized carbons (Fsp3) is 0.278. The lowest BCUT2D eigenvalue weighted by Crippen LogP contribution is -2.15. The molecular weight excluding hydrogens is 336 g/mol. The van der Waals surface area contributed by atoms with Gasteiger partial charge in [-0.05, 0) is 51.3 Å². The van der Waals surface area contributed by atoms with Gasteiger partial charge < -0.3 is 14.7 Å². The van der Waals surface area contributed by atoms with Gasteiger partial charge in [0.05, 0.1) is 15.8 Å².